The molecular formula is C11H11NO2S. The van der Waals surface area contributed by atoms with Gasteiger partial charge in [-0.05, 0) is 13.0 Å². The molecule has 1 heterocycles. The van der Waals surface area contributed by atoms with Gasteiger partial charge in [0, 0.05) is 24.2 Å². The van der Waals surface area contributed by atoms with Gasteiger partial charge in [-0.15, -0.1) is 0 Å². The normalized spacial score (nSPS) is 9.20. The SMILES string of the molecule is CC(=O)SCC#Cc1ccc(=O)[nH]c1C. The number of hydrogen-bond donors (Lipinski definition) is 1. The van der Waals surface area contributed by atoms with Crippen molar-refractivity contribution >= 4 is 16.9 Å². The third-order valence-corrected chi connectivity index (χ3v) is 2.38. The quantitative estimate of drug-likeness (QED) is 0.727. The summed E-state index contributed by atoms with van der Waals surface area (Å²) in [5.41, 5.74) is 1.41. The molecule has 0 atom stereocenters. The number of aromatic amines is 1. The molecule has 0 fully saturated rings. The number of aryl methyl sites for hydroxylation is 1. The van der Waals surface area contributed by atoms with E-state index < -0.39 is 0 Å². The Balaban J connectivity index is 2.72. The molecule has 15 heavy (non-hydrogen) atoms. The maximum absolute atomic E-state index is 10.9. The maximum atomic E-state index is 10.9. The second-order valence-electron chi connectivity index (χ2n) is 2.94. The van der Waals surface area contributed by atoms with E-state index in [-0.39, 0.29) is 10.7 Å². The van der Waals surface area contributed by atoms with Crippen LogP contribution in [0.1, 0.15) is 18.2 Å². The summed E-state index contributed by atoms with van der Waals surface area (Å²) < 4.78 is 0. The van der Waals surface area contributed by atoms with E-state index in [4.69, 9.17) is 0 Å². The summed E-state index contributed by atoms with van der Waals surface area (Å²) in [6.07, 6.45) is 0. The van der Waals surface area contributed by atoms with Gasteiger partial charge < -0.3 is 4.98 Å². The van der Waals surface area contributed by atoms with Crippen molar-refractivity contribution in [2.45, 2.75) is 13.8 Å². The third kappa shape index (κ3) is 4.05. The molecule has 1 aromatic heterocycles. The molecule has 0 unspecified atom stereocenters. The van der Waals surface area contributed by atoms with Crippen LogP contribution >= 0.6 is 11.8 Å². The molecule has 0 spiro atoms. The minimum absolute atomic E-state index is 0.0579. The molecular weight excluding hydrogens is 210 g/mol. The highest BCUT2D eigenvalue weighted by molar-refractivity contribution is 8.13. The zero-order valence-electron chi connectivity index (χ0n) is 8.59. The van der Waals surface area contributed by atoms with E-state index in [9.17, 15) is 9.59 Å². The number of carbonyl (C=O) groups excluding carboxylic acids is 1. The topological polar surface area (TPSA) is 49.9 Å². The molecule has 0 aromatic carbocycles. The Bertz CT molecular complexity index is 479. The average molecular weight is 221 g/mol. The Labute approximate surface area is 92.3 Å². The molecule has 0 saturated carbocycles. The first-order chi connectivity index (χ1) is 7.09. The summed E-state index contributed by atoms with van der Waals surface area (Å²) in [4.78, 5) is 24.2. The summed E-state index contributed by atoms with van der Waals surface area (Å²) in [5.74, 6) is 6.25. The van der Waals surface area contributed by atoms with E-state index in [2.05, 4.69) is 16.8 Å². The van der Waals surface area contributed by atoms with E-state index in [1.165, 1.54) is 24.8 Å². The first kappa shape index (κ1) is 11.6. The van der Waals surface area contributed by atoms with Crippen LogP contribution in [0.25, 0.3) is 0 Å². The zero-order chi connectivity index (χ0) is 11.3. The van der Waals surface area contributed by atoms with Crippen LogP contribution in [0.3, 0.4) is 0 Å². The van der Waals surface area contributed by atoms with Gasteiger partial charge in [0.15, 0.2) is 5.12 Å². The van der Waals surface area contributed by atoms with E-state index in [1.54, 1.807) is 13.0 Å². The summed E-state index contributed by atoms with van der Waals surface area (Å²) in [6.45, 7) is 3.31. The number of H-pyrrole nitrogens is 1. The lowest BCUT2D eigenvalue weighted by molar-refractivity contribution is -0.109. The minimum atomic E-state index is -0.129. The van der Waals surface area contributed by atoms with Crippen LogP contribution in [0.4, 0.5) is 0 Å². The summed E-state index contributed by atoms with van der Waals surface area (Å²) in [7, 11) is 0. The molecule has 3 nitrogen and oxygen atoms in total. The largest absolute Gasteiger partial charge is 0.325 e. The second-order valence-corrected chi connectivity index (χ2v) is 4.10. The molecule has 78 valence electrons. The van der Waals surface area contributed by atoms with Crippen LogP contribution in [0.2, 0.25) is 0 Å². The predicted octanol–water partition coefficient (Wildman–Crippen LogP) is 1.31. The Hall–Kier alpha value is -1.47. The molecule has 0 aliphatic heterocycles. The number of aromatic nitrogens is 1. The van der Waals surface area contributed by atoms with Crippen LogP contribution < -0.4 is 5.56 Å². The Morgan fingerprint density at radius 2 is 2.27 bits per heavy atom. The van der Waals surface area contributed by atoms with Crippen LogP contribution in [0.5, 0.6) is 0 Å². The van der Waals surface area contributed by atoms with Crippen LogP contribution in [0, 0.1) is 18.8 Å². The van der Waals surface area contributed by atoms with Crippen LogP contribution in [0.15, 0.2) is 16.9 Å². The highest BCUT2D eigenvalue weighted by Crippen LogP contribution is 2.01. The van der Waals surface area contributed by atoms with Gasteiger partial charge in [-0.3, -0.25) is 9.59 Å². The fourth-order valence-corrected chi connectivity index (χ4v) is 1.33. The van der Waals surface area contributed by atoms with Gasteiger partial charge in [0.1, 0.15) is 0 Å². The molecule has 0 radical (unpaired) electrons. The fourth-order valence-electron chi connectivity index (χ4n) is 0.982. The van der Waals surface area contributed by atoms with Crippen molar-refractivity contribution in [3.05, 3.63) is 33.7 Å². The van der Waals surface area contributed by atoms with Crippen molar-refractivity contribution in [3.8, 4) is 11.8 Å². The lowest BCUT2D eigenvalue weighted by Crippen LogP contribution is -2.05. The predicted molar refractivity (Wildman–Crippen MR) is 61.8 cm³/mol. The fraction of sp³-hybridized carbons (Fsp3) is 0.273. The highest BCUT2D eigenvalue weighted by atomic mass is 32.2. The molecule has 0 amide bonds. The van der Waals surface area contributed by atoms with E-state index in [1.807, 2.05) is 0 Å². The molecule has 0 aliphatic rings. The third-order valence-electron chi connectivity index (χ3n) is 1.69. The summed E-state index contributed by atoms with van der Waals surface area (Å²) in [6, 6.07) is 3.12. The minimum Gasteiger partial charge on any atom is -0.325 e. The van der Waals surface area contributed by atoms with Crippen molar-refractivity contribution in [1.82, 2.24) is 4.98 Å². The standard InChI is InChI=1S/C11H11NO2S/c1-8-10(5-6-11(14)12-8)4-3-7-15-9(2)13/h5-6H,7H2,1-2H3,(H,12,14). The number of thioether (sulfide) groups is 1. The van der Waals surface area contributed by atoms with Crippen molar-refractivity contribution < 1.29 is 4.79 Å². The maximum Gasteiger partial charge on any atom is 0.248 e. The number of carbonyl (C=O) groups is 1. The first-order valence-corrected chi connectivity index (χ1v) is 5.40. The molecule has 0 aliphatic carbocycles. The zero-order valence-corrected chi connectivity index (χ0v) is 9.40. The average Bonchev–Trinajstić information content (AvgIpc) is 2.14. The van der Waals surface area contributed by atoms with Crippen molar-refractivity contribution in [2.24, 2.45) is 0 Å². The lowest BCUT2D eigenvalue weighted by Gasteiger charge is -1.95. The van der Waals surface area contributed by atoms with Crippen molar-refractivity contribution in [1.29, 1.82) is 0 Å². The summed E-state index contributed by atoms with van der Waals surface area (Å²) in [5, 5.41) is 0.0579. The molecule has 1 N–H and O–H groups in total. The number of pyridine rings is 1. The first-order valence-electron chi connectivity index (χ1n) is 4.42. The van der Waals surface area contributed by atoms with Gasteiger partial charge in [-0.1, -0.05) is 23.6 Å². The molecule has 0 bridgehead atoms. The Morgan fingerprint density at radius 3 is 2.87 bits per heavy atom. The van der Waals surface area contributed by atoms with Crippen molar-refractivity contribution in [3.63, 3.8) is 0 Å². The van der Waals surface area contributed by atoms with Gasteiger partial charge in [0.2, 0.25) is 5.56 Å². The Kier molecular flexibility index (Phi) is 4.19. The van der Waals surface area contributed by atoms with Crippen LogP contribution in [-0.2, 0) is 4.79 Å². The smallest absolute Gasteiger partial charge is 0.248 e. The molecule has 0 saturated heterocycles. The van der Waals surface area contributed by atoms with E-state index in [0.717, 1.165) is 11.3 Å². The number of nitrogens with one attached hydrogen (secondary N) is 1. The molecule has 1 rings (SSSR count). The lowest BCUT2D eigenvalue weighted by atomic mass is 10.2. The van der Waals surface area contributed by atoms with E-state index >= 15 is 0 Å². The number of hydrogen-bond acceptors (Lipinski definition) is 3. The molecule has 4 heteroatoms. The van der Waals surface area contributed by atoms with Gasteiger partial charge in [0.25, 0.3) is 0 Å². The number of rotatable bonds is 1. The van der Waals surface area contributed by atoms with Gasteiger partial charge in [-0.2, -0.15) is 0 Å². The van der Waals surface area contributed by atoms with E-state index in [0.29, 0.717) is 5.75 Å². The van der Waals surface area contributed by atoms with Gasteiger partial charge >= 0.3 is 0 Å². The molecule has 1 aromatic rings. The van der Waals surface area contributed by atoms with Crippen LogP contribution in [-0.4, -0.2) is 15.9 Å². The van der Waals surface area contributed by atoms with Gasteiger partial charge in [0.05, 0.1) is 5.75 Å². The highest BCUT2D eigenvalue weighted by Gasteiger charge is 1.94. The Morgan fingerprint density at radius 1 is 1.53 bits per heavy atom. The van der Waals surface area contributed by atoms with Gasteiger partial charge in [-0.25, -0.2) is 0 Å². The second kappa shape index (κ2) is 5.42. The summed E-state index contributed by atoms with van der Waals surface area (Å²) >= 11 is 1.18. The van der Waals surface area contributed by atoms with Crippen molar-refractivity contribution in [2.75, 3.05) is 5.75 Å². The monoisotopic (exact) mass is 221 g/mol.